The molecule has 0 spiro atoms. The molecular weight excluding hydrogens is 388 g/mol. The van der Waals surface area contributed by atoms with E-state index in [-0.39, 0.29) is 6.54 Å². The lowest BCUT2D eigenvalue weighted by molar-refractivity contribution is 0.0854. The molecule has 0 atom stereocenters. The number of carbonyl (C=O) groups excluding carboxylic acids is 1. The van der Waals surface area contributed by atoms with Gasteiger partial charge >= 0.3 is 10.2 Å². The molecule has 2 rings (SSSR count). The molecule has 0 aliphatic carbocycles. The summed E-state index contributed by atoms with van der Waals surface area (Å²) >= 11 is 0. The molecule has 0 saturated heterocycles. The number of amides is 1. The van der Waals surface area contributed by atoms with Gasteiger partial charge in [-0.2, -0.15) is 12.7 Å². The number of nitrogens with zero attached hydrogens (tertiary/aromatic N) is 2. The molecule has 0 bridgehead atoms. The SMILES string of the molecule is CCCN(CCC)S(=O)(=O)N(CCc1cccc(OC)c1)C(=O)c1ccccc1. The number of hydrogen-bond acceptors (Lipinski definition) is 4. The van der Waals surface area contributed by atoms with Crippen LogP contribution in [0.25, 0.3) is 0 Å². The van der Waals surface area contributed by atoms with Gasteiger partial charge in [0.25, 0.3) is 5.91 Å². The van der Waals surface area contributed by atoms with Crippen LogP contribution in [0.3, 0.4) is 0 Å². The summed E-state index contributed by atoms with van der Waals surface area (Å²) in [5.41, 5.74) is 1.26. The van der Waals surface area contributed by atoms with Crippen molar-refractivity contribution in [2.45, 2.75) is 33.1 Å². The predicted octanol–water partition coefficient (Wildman–Crippen LogP) is 3.75. The zero-order valence-corrected chi connectivity index (χ0v) is 18.2. The van der Waals surface area contributed by atoms with Crippen LogP contribution in [0, 0.1) is 0 Å². The molecule has 158 valence electrons. The first kappa shape index (κ1) is 22.9. The Morgan fingerprint density at radius 1 is 0.931 bits per heavy atom. The molecule has 0 saturated carbocycles. The van der Waals surface area contributed by atoms with Crippen molar-refractivity contribution in [3.05, 3.63) is 65.7 Å². The number of methoxy groups -OCH3 is 1. The molecule has 0 N–H and O–H groups in total. The molecule has 0 aromatic heterocycles. The number of hydrogen-bond donors (Lipinski definition) is 0. The molecular formula is C22H30N2O4S. The van der Waals surface area contributed by atoms with Gasteiger partial charge in [-0.3, -0.25) is 4.79 Å². The smallest absolute Gasteiger partial charge is 0.306 e. The van der Waals surface area contributed by atoms with Gasteiger partial charge < -0.3 is 4.74 Å². The first-order valence-electron chi connectivity index (χ1n) is 9.94. The van der Waals surface area contributed by atoms with Crippen molar-refractivity contribution >= 4 is 16.1 Å². The fourth-order valence-electron chi connectivity index (χ4n) is 3.09. The van der Waals surface area contributed by atoms with Gasteiger partial charge in [-0.1, -0.05) is 44.2 Å². The van der Waals surface area contributed by atoms with E-state index in [9.17, 15) is 13.2 Å². The summed E-state index contributed by atoms with van der Waals surface area (Å²) in [5, 5.41) is 0. The highest BCUT2D eigenvalue weighted by Gasteiger charge is 2.33. The first-order valence-corrected chi connectivity index (χ1v) is 11.3. The number of benzene rings is 2. The molecule has 2 aromatic rings. The Balaban J connectivity index is 2.35. The van der Waals surface area contributed by atoms with Gasteiger partial charge in [0.1, 0.15) is 5.75 Å². The maximum Gasteiger partial charge on any atom is 0.306 e. The Morgan fingerprint density at radius 2 is 1.59 bits per heavy atom. The van der Waals surface area contributed by atoms with Crippen LogP contribution in [0.1, 0.15) is 42.6 Å². The third-order valence-corrected chi connectivity index (χ3v) is 6.46. The van der Waals surface area contributed by atoms with Crippen molar-refractivity contribution in [3.63, 3.8) is 0 Å². The molecule has 0 radical (unpaired) electrons. The van der Waals surface area contributed by atoms with Crippen molar-refractivity contribution in [2.24, 2.45) is 0 Å². The minimum Gasteiger partial charge on any atom is -0.497 e. The van der Waals surface area contributed by atoms with E-state index in [0.717, 1.165) is 9.87 Å². The van der Waals surface area contributed by atoms with E-state index < -0.39 is 16.1 Å². The van der Waals surface area contributed by atoms with Crippen molar-refractivity contribution in [1.29, 1.82) is 0 Å². The minimum absolute atomic E-state index is 0.0627. The van der Waals surface area contributed by atoms with Gasteiger partial charge in [0.05, 0.1) is 7.11 Å². The lowest BCUT2D eigenvalue weighted by atomic mass is 10.1. The quantitative estimate of drug-likeness (QED) is 0.557. The third-order valence-electron chi connectivity index (χ3n) is 4.54. The Bertz CT molecular complexity index is 879. The van der Waals surface area contributed by atoms with Crippen molar-refractivity contribution in [2.75, 3.05) is 26.7 Å². The molecule has 0 aliphatic heterocycles. The van der Waals surface area contributed by atoms with Crippen LogP contribution in [0.15, 0.2) is 54.6 Å². The number of rotatable bonds is 11. The second-order valence-corrected chi connectivity index (χ2v) is 8.60. The lowest BCUT2D eigenvalue weighted by Crippen LogP contribution is -2.48. The Labute approximate surface area is 174 Å². The molecule has 1 amide bonds. The third kappa shape index (κ3) is 6.05. The highest BCUT2D eigenvalue weighted by atomic mass is 32.2. The molecule has 0 aliphatic rings. The van der Waals surface area contributed by atoms with E-state index in [2.05, 4.69) is 0 Å². The summed E-state index contributed by atoms with van der Waals surface area (Å²) in [6, 6.07) is 16.0. The lowest BCUT2D eigenvalue weighted by Gasteiger charge is -2.30. The second-order valence-electron chi connectivity index (χ2n) is 6.75. The molecule has 29 heavy (non-hydrogen) atoms. The van der Waals surface area contributed by atoms with Gasteiger partial charge in [-0.05, 0) is 49.1 Å². The zero-order valence-electron chi connectivity index (χ0n) is 17.4. The van der Waals surface area contributed by atoms with Crippen LogP contribution in [0.5, 0.6) is 5.75 Å². The Morgan fingerprint density at radius 3 is 2.17 bits per heavy atom. The van der Waals surface area contributed by atoms with E-state index >= 15 is 0 Å². The van der Waals surface area contributed by atoms with Crippen LogP contribution in [0.2, 0.25) is 0 Å². The molecule has 2 aromatic carbocycles. The summed E-state index contributed by atoms with van der Waals surface area (Å²) in [7, 11) is -2.35. The van der Waals surface area contributed by atoms with E-state index in [1.54, 1.807) is 37.4 Å². The van der Waals surface area contributed by atoms with Gasteiger partial charge in [-0.15, -0.1) is 0 Å². The standard InChI is InChI=1S/C22H30N2O4S/c1-4-15-23(16-5-2)29(26,27)24(22(25)20-11-7-6-8-12-20)17-14-19-10-9-13-21(18-19)28-3/h6-13,18H,4-5,14-17H2,1-3H3. The molecule has 0 unspecified atom stereocenters. The summed E-state index contributed by atoms with van der Waals surface area (Å²) < 4.78 is 34.4. The summed E-state index contributed by atoms with van der Waals surface area (Å²) in [6.45, 7) is 4.69. The monoisotopic (exact) mass is 418 g/mol. The van der Waals surface area contributed by atoms with Crippen LogP contribution in [-0.4, -0.2) is 49.7 Å². The van der Waals surface area contributed by atoms with Gasteiger partial charge in [-0.25, -0.2) is 4.31 Å². The summed E-state index contributed by atoms with van der Waals surface area (Å²) in [4.78, 5) is 13.1. The van der Waals surface area contributed by atoms with Crippen molar-refractivity contribution in [1.82, 2.24) is 8.61 Å². The second kappa shape index (κ2) is 11.0. The van der Waals surface area contributed by atoms with Gasteiger partial charge in [0.2, 0.25) is 0 Å². The van der Waals surface area contributed by atoms with Crippen molar-refractivity contribution in [3.8, 4) is 5.75 Å². The van der Waals surface area contributed by atoms with E-state index in [1.807, 2.05) is 38.1 Å². The fraction of sp³-hybridized carbons (Fsp3) is 0.409. The normalized spacial score (nSPS) is 11.4. The molecule has 6 nitrogen and oxygen atoms in total. The summed E-state index contributed by atoms with van der Waals surface area (Å²) in [5.74, 6) is 0.190. The van der Waals surface area contributed by atoms with Crippen LogP contribution < -0.4 is 4.74 Å². The average Bonchev–Trinajstić information content (AvgIpc) is 2.74. The maximum atomic E-state index is 13.4. The Hall–Kier alpha value is -2.38. The average molecular weight is 419 g/mol. The van der Waals surface area contributed by atoms with Crippen LogP contribution in [0.4, 0.5) is 0 Å². The van der Waals surface area contributed by atoms with E-state index in [4.69, 9.17) is 4.74 Å². The topological polar surface area (TPSA) is 66.9 Å². The Kier molecular flexibility index (Phi) is 8.67. The molecule has 0 fully saturated rings. The largest absolute Gasteiger partial charge is 0.497 e. The zero-order chi connectivity index (χ0) is 21.3. The first-order chi connectivity index (χ1) is 13.9. The number of carbonyl (C=O) groups is 1. The van der Waals surface area contributed by atoms with E-state index in [0.29, 0.717) is 43.7 Å². The molecule has 0 heterocycles. The highest BCUT2D eigenvalue weighted by molar-refractivity contribution is 7.87. The van der Waals surface area contributed by atoms with Gasteiger partial charge in [0.15, 0.2) is 0 Å². The van der Waals surface area contributed by atoms with Crippen LogP contribution in [-0.2, 0) is 16.6 Å². The van der Waals surface area contributed by atoms with Gasteiger partial charge in [0, 0.05) is 25.2 Å². The number of ether oxygens (including phenoxy) is 1. The minimum atomic E-state index is -3.93. The maximum absolute atomic E-state index is 13.4. The molecule has 7 heteroatoms. The highest BCUT2D eigenvalue weighted by Crippen LogP contribution is 2.18. The summed E-state index contributed by atoms with van der Waals surface area (Å²) in [6.07, 6.45) is 1.77. The fourth-order valence-corrected chi connectivity index (χ4v) is 4.83. The predicted molar refractivity (Wildman–Crippen MR) is 115 cm³/mol. The van der Waals surface area contributed by atoms with E-state index in [1.165, 1.54) is 4.31 Å². The van der Waals surface area contributed by atoms with Crippen molar-refractivity contribution < 1.29 is 17.9 Å². The van der Waals surface area contributed by atoms with Crippen LogP contribution >= 0.6 is 0 Å².